The van der Waals surface area contributed by atoms with Gasteiger partial charge in [0.15, 0.2) is 0 Å². The lowest BCUT2D eigenvalue weighted by molar-refractivity contribution is 0.165. The normalized spacial score (nSPS) is 19.0. The smallest absolute Gasteiger partial charge is 0.295 e. The Hall–Kier alpha value is -1.36. The summed E-state index contributed by atoms with van der Waals surface area (Å²) in [6.07, 6.45) is 4.22. The van der Waals surface area contributed by atoms with E-state index in [0.717, 1.165) is 29.7 Å². The molecule has 0 unspecified atom stereocenters. The summed E-state index contributed by atoms with van der Waals surface area (Å²) in [7, 11) is 0. The molecule has 114 valence electrons. The molecule has 0 radical (unpaired) electrons. The molecule has 2 aromatic rings. The van der Waals surface area contributed by atoms with Crippen molar-refractivity contribution in [1.29, 1.82) is 0 Å². The molecular weight excluding hydrogens is 284 g/mol. The van der Waals surface area contributed by atoms with E-state index in [1.807, 2.05) is 0 Å². The van der Waals surface area contributed by atoms with Crippen molar-refractivity contribution in [3.8, 4) is 0 Å². The fraction of sp³-hybridized carbons (Fsp3) is 0.625. The molecule has 0 saturated heterocycles. The predicted octanol–water partition coefficient (Wildman–Crippen LogP) is 3.54. The molecule has 2 aromatic heterocycles. The first kappa shape index (κ1) is 14.6. The predicted molar refractivity (Wildman–Crippen MR) is 85.4 cm³/mol. The monoisotopic (exact) mass is 306 g/mol. The van der Waals surface area contributed by atoms with Gasteiger partial charge < -0.3 is 5.21 Å². The van der Waals surface area contributed by atoms with Crippen molar-refractivity contribution in [3.63, 3.8) is 0 Å². The minimum absolute atomic E-state index is 0.316. The standard InChI is InChI=1S/C16H22N2O2S/c1-5-16(3,4)10-6-7-11-12(8-10)21-14-13(11)15(19)18(20)9(2)17-14/h10,20H,5-8H2,1-4H3/t10-/m1/s1. The third-order valence-corrected chi connectivity index (χ3v) is 6.39. The molecule has 0 saturated carbocycles. The van der Waals surface area contributed by atoms with Gasteiger partial charge in [0.1, 0.15) is 10.7 Å². The fourth-order valence-corrected chi connectivity index (χ4v) is 4.61. The van der Waals surface area contributed by atoms with Gasteiger partial charge in [0.2, 0.25) is 0 Å². The van der Waals surface area contributed by atoms with Crippen LogP contribution >= 0.6 is 11.3 Å². The van der Waals surface area contributed by atoms with Gasteiger partial charge in [0.05, 0.1) is 5.39 Å². The molecule has 0 bridgehead atoms. The molecule has 5 heteroatoms. The lowest BCUT2D eigenvalue weighted by atomic mass is 9.70. The fourth-order valence-electron chi connectivity index (χ4n) is 3.27. The number of rotatable bonds is 2. The molecule has 0 amide bonds. The molecule has 3 rings (SSSR count). The second-order valence-electron chi connectivity index (χ2n) is 6.74. The Morgan fingerprint density at radius 2 is 2.19 bits per heavy atom. The van der Waals surface area contributed by atoms with Crippen molar-refractivity contribution < 1.29 is 5.21 Å². The highest BCUT2D eigenvalue weighted by atomic mass is 32.1. The van der Waals surface area contributed by atoms with Crippen molar-refractivity contribution in [3.05, 3.63) is 26.6 Å². The molecule has 1 aliphatic rings. The summed E-state index contributed by atoms with van der Waals surface area (Å²) >= 11 is 1.63. The Morgan fingerprint density at radius 1 is 1.48 bits per heavy atom. The van der Waals surface area contributed by atoms with E-state index in [2.05, 4.69) is 25.8 Å². The summed E-state index contributed by atoms with van der Waals surface area (Å²) in [5.41, 5.74) is 1.13. The van der Waals surface area contributed by atoms with E-state index in [9.17, 15) is 10.0 Å². The van der Waals surface area contributed by atoms with Gasteiger partial charge >= 0.3 is 0 Å². The molecule has 1 aliphatic carbocycles. The third-order valence-electron chi connectivity index (χ3n) is 5.24. The van der Waals surface area contributed by atoms with Crippen LogP contribution in [0.5, 0.6) is 0 Å². The maximum absolute atomic E-state index is 12.3. The maximum atomic E-state index is 12.3. The van der Waals surface area contributed by atoms with Crippen LogP contribution in [0.25, 0.3) is 10.2 Å². The summed E-state index contributed by atoms with van der Waals surface area (Å²) in [6.45, 7) is 8.57. The minimum atomic E-state index is -0.316. The maximum Gasteiger partial charge on any atom is 0.295 e. The van der Waals surface area contributed by atoms with Crippen LogP contribution in [0.4, 0.5) is 0 Å². The number of fused-ring (bicyclic) bond motifs is 3. The van der Waals surface area contributed by atoms with E-state index in [-0.39, 0.29) is 5.56 Å². The van der Waals surface area contributed by atoms with Gasteiger partial charge in [-0.25, -0.2) is 4.98 Å². The zero-order valence-electron chi connectivity index (χ0n) is 13.1. The highest BCUT2D eigenvalue weighted by Gasteiger charge is 2.33. The first-order valence-corrected chi connectivity index (χ1v) is 8.40. The molecule has 4 nitrogen and oxygen atoms in total. The summed E-state index contributed by atoms with van der Waals surface area (Å²) in [6, 6.07) is 0. The van der Waals surface area contributed by atoms with E-state index in [1.54, 1.807) is 18.3 Å². The van der Waals surface area contributed by atoms with Gasteiger partial charge in [0, 0.05) is 4.88 Å². The summed E-state index contributed by atoms with van der Waals surface area (Å²) in [5.74, 6) is 1.01. The molecule has 21 heavy (non-hydrogen) atoms. The Morgan fingerprint density at radius 3 is 2.86 bits per heavy atom. The van der Waals surface area contributed by atoms with Crippen molar-refractivity contribution in [2.45, 2.75) is 53.4 Å². The number of aryl methyl sites for hydroxylation is 2. The van der Waals surface area contributed by atoms with Crippen molar-refractivity contribution in [2.75, 3.05) is 0 Å². The largest absolute Gasteiger partial charge is 0.424 e. The molecule has 0 fully saturated rings. The zero-order valence-corrected chi connectivity index (χ0v) is 13.9. The Kier molecular flexibility index (Phi) is 3.35. The lowest BCUT2D eigenvalue weighted by Crippen LogP contribution is -2.29. The van der Waals surface area contributed by atoms with Crippen LogP contribution in [0.2, 0.25) is 0 Å². The van der Waals surface area contributed by atoms with Crippen LogP contribution in [0.3, 0.4) is 0 Å². The number of hydrogen-bond donors (Lipinski definition) is 1. The van der Waals surface area contributed by atoms with Crippen LogP contribution in [-0.4, -0.2) is 14.9 Å². The molecule has 2 heterocycles. The first-order valence-electron chi connectivity index (χ1n) is 7.58. The summed E-state index contributed by atoms with van der Waals surface area (Å²) < 4.78 is 0.678. The number of nitrogens with zero attached hydrogens (tertiary/aromatic N) is 2. The van der Waals surface area contributed by atoms with Gasteiger partial charge in [-0.1, -0.05) is 27.2 Å². The number of aromatic nitrogens is 2. The summed E-state index contributed by atoms with van der Waals surface area (Å²) in [5, 5.41) is 10.4. The molecule has 1 atom stereocenters. The van der Waals surface area contributed by atoms with E-state index >= 15 is 0 Å². The van der Waals surface area contributed by atoms with Crippen LogP contribution < -0.4 is 5.56 Å². The first-order chi connectivity index (χ1) is 9.85. The lowest BCUT2D eigenvalue weighted by Gasteiger charge is -2.36. The molecule has 1 N–H and O–H groups in total. The molecule has 0 aromatic carbocycles. The Balaban J connectivity index is 2.12. The summed E-state index contributed by atoms with van der Waals surface area (Å²) in [4.78, 5) is 18.7. The minimum Gasteiger partial charge on any atom is -0.424 e. The highest BCUT2D eigenvalue weighted by Crippen LogP contribution is 2.43. The number of hydrogen-bond acceptors (Lipinski definition) is 4. The van der Waals surface area contributed by atoms with Crippen LogP contribution in [0.1, 0.15) is 49.9 Å². The Labute approximate surface area is 128 Å². The van der Waals surface area contributed by atoms with Crippen molar-refractivity contribution >= 4 is 21.6 Å². The van der Waals surface area contributed by atoms with Gasteiger partial charge in [-0.05, 0) is 43.1 Å². The molecule has 0 aliphatic heterocycles. The van der Waals surface area contributed by atoms with E-state index in [1.165, 1.54) is 11.3 Å². The van der Waals surface area contributed by atoms with Gasteiger partial charge in [-0.3, -0.25) is 4.79 Å². The van der Waals surface area contributed by atoms with Crippen LogP contribution in [0.15, 0.2) is 4.79 Å². The quantitative estimate of drug-likeness (QED) is 0.863. The zero-order chi connectivity index (χ0) is 15.4. The number of thiophene rings is 1. The van der Waals surface area contributed by atoms with Gasteiger partial charge in [-0.15, -0.1) is 16.1 Å². The van der Waals surface area contributed by atoms with E-state index in [0.29, 0.717) is 27.3 Å². The molecular formula is C16H22N2O2S. The third kappa shape index (κ3) is 2.18. The van der Waals surface area contributed by atoms with Crippen molar-refractivity contribution in [2.24, 2.45) is 11.3 Å². The SMILES string of the molecule is CCC(C)(C)[C@@H]1CCc2c(sc3nc(C)n(O)c(=O)c23)C1. The Bertz CT molecular complexity index is 758. The average Bonchev–Trinajstić information content (AvgIpc) is 2.81. The van der Waals surface area contributed by atoms with Gasteiger partial charge in [0.25, 0.3) is 5.56 Å². The van der Waals surface area contributed by atoms with Crippen LogP contribution in [0, 0.1) is 18.3 Å². The van der Waals surface area contributed by atoms with E-state index < -0.39 is 0 Å². The van der Waals surface area contributed by atoms with Crippen LogP contribution in [-0.2, 0) is 12.8 Å². The highest BCUT2D eigenvalue weighted by molar-refractivity contribution is 7.18. The molecule has 0 spiro atoms. The topological polar surface area (TPSA) is 55.1 Å². The van der Waals surface area contributed by atoms with E-state index in [4.69, 9.17) is 0 Å². The van der Waals surface area contributed by atoms with Gasteiger partial charge in [-0.2, -0.15) is 0 Å². The second kappa shape index (κ2) is 4.83. The second-order valence-corrected chi connectivity index (χ2v) is 7.83. The van der Waals surface area contributed by atoms with Crippen molar-refractivity contribution in [1.82, 2.24) is 9.71 Å². The average molecular weight is 306 g/mol.